The topological polar surface area (TPSA) is 75.6 Å². The summed E-state index contributed by atoms with van der Waals surface area (Å²) in [5, 5.41) is 13.2. The van der Waals surface area contributed by atoms with Crippen molar-refractivity contribution in [3.8, 4) is 5.75 Å². The van der Waals surface area contributed by atoms with Crippen molar-refractivity contribution in [2.24, 2.45) is 5.92 Å². The molecule has 1 rings (SSSR count). The zero-order chi connectivity index (χ0) is 15.1. The summed E-state index contributed by atoms with van der Waals surface area (Å²) >= 11 is 1.08. The zero-order valence-corrected chi connectivity index (χ0v) is 12.8. The van der Waals surface area contributed by atoms with E-state index in [9.17, 15) is 9.59 Å². The van der Waals surface area contributed by atoms with E-state index in [0.29, 0.717) is 11.7 Å². The lowest BCUT2D eigenvalue weighted by molar-refractivity contribution is -0.123. The van der Waals surface area contributed by atoms with E-state index in [4.69, 9.17) is 9.84 Å². The summed E-state index contributed by atoms with van der Waals surface area (Å²) in [4.78, 5) is 22.6. The third-order valence-corrected chi connectivity index (χ3v) is 3.64. The Labute approximate surface area is 123 Å². The van der Waals surface area contributed by atoms with Gasteiger partial charge in [-0.2, -0.15) is 0 Å². The van der Waals surface area contributed by atoms with Gasteiger partial charge in [-0.15, -0.1) is 11.3 Å². The number of carboxylic acids is 1. The highest BCUT2D eigenvalue weighted by Crippen LogP contribution is 2.21. The second-order valence-electron chi connectivity index (χ2n) is 5.18. The Morgan fingerprint density at radius 3 is 2.60 bits per heavy atom. The molecule has 0 saturated heterocycles. The van der Waals surface area contributed by atoms with Crippen molar-refractivity contribution >= 4 is 23.2 Å². The molecule has 0 aliphatic carbocycles. The molecule has 1 aromatic heterocycles. The molecule has 1 amide bonds. The van der Waals surface area contributed by atoms with E-state index < -0.39 is 5.97 Å². The molecule has 0 spiro atoms. The second kappa shape index (κ2) is 7.89. The van der Waals surface area contributed by atoms with Crippen molar-refractivity contribution in [3.63, 3.8) is 0 Å². The van der Waals surface area contributed by atoms with E-state index in [-0.39, 0.29) is 23.4 Å². The van der Waals surface area contributed by atoms with Gasteiger partial charge in [-0.3, -0.25) is 4.79 Å². The highest BCUT2D eigenvalue weighted by Gasteiger charge is 2.11. The molecular formula is C14H21NO4S. The monoisotopic (exact) mass is 299 g/mol. The molecule has 0 fully saturated rings. The second-order valence-corrected chi connectivity index (χ2v) is 6.09. The van der Waals surface area contributed by atoms with Crippen molar-refractivity contribution < 1.29 is 19.4 Å². The first-order valence-corrected chi connectivity index (χ1v) is 7.50. The molecule has 0 radical (unpaired) electrons. The van der Waals surface area contributed by atoms with Crippen LogP contribution in [-0.2, 0) is 4.79 Å². The van der Waals surface area contributed by atoms with Gasteiger partial charge in [0.05, 0.1) is 0 Å². The number of ether oxygens (including phenoxy) is 1. The minimum Gasteiger partial charge on any atom is -0.483 e. The predicted octanol–water partition coefficient (Wildman–Crippen LogP) is 2.77. The highest BCUT2D eigenvalue weighted by molar-refractivity contribution is 7.12. The quantitative estimate of drug-likeness (QED) is 0.774. The van der Waals surface area contributed by atoms with Crippen LogP contribution in [-0.4, -0.2) is 29.6 Å². The van der Waals surface area contributed by atoms with E-state index in [0.717, 1.165) is 24.2 Å². The fourth-order valence-electron chi connectivity index (χ4n) is 1.63. The number of carbonyl (C=O) groups is 2. The molecule has 0 aromatic carbocycles. The number of thiophene rings is 1. The molecule has 6 heteroatoms. The van der Waals surface area contributed by atoms with Crippen LogP contribution in [0.5, 0.6) is 5.75 Å². The van der Waals surface area contributed by atoms with Crippen LogP contribution in [0.4, 0.5) is 0 Å². The van der Waals surface area contributed by atoms with Crippen LogP contribution in [0, 0.1) is 5.92 Å². The average Bonchev–Trinajstić information content (AvgIpc) is 2.83. The SMILES string of the molecule is CC(C)CCC(C)NC(=O)COc1csc(C(=O)O)c1. The fourth-order valence-corrected chi connectivity index (χ4v) is 2.29. The summed E-state index contributed by atoms with van der Waals surface area (Å²) in [7, 11) is 0. The molecule has 1 aromatic rings. The lowest BCUT2D eigenvalue weighted by Crippen LogP contribution is -2.36. The Bertz CT molecular complexity index is 456. The summed E-state index contributed by atoms with van der Waals surface area (Å²) < 4.78 is 5.26. The Balaban J connectivity index is 2.30. The van der Waals surface area contributed by atoms with Crippen molar-refractivity contribution in [3.05, 3.63) is 16.3 Å². The normalized spacial score (nSPS) is 12.2. The van der Waals surface area contributed by atoms with Crippen LogP contribution in [0.15, 0.2) is 11.4 Å². The molecule has 112 valence electrons. The smallest absolute Gasteiger partial charge is 0.346 e. The number of rotatable bonds is 8. The minimum absolute atomic E-state index is 0.0954. The van der Waals surface area contributed by atoms with Crippen molar-refractivity contribution in [2.75, 3.05) is 6.61 Å². The van der Waals surface area contributed by atoms with Gasteiger partial charge in [0.25, 0.3) is 5.91 Å². The van der Waals surface area contributed by atoms with Gasteiger partial charge in [0.2, 0.25) is 0 Å². The molecule has 1 heterocycles. The van der Waals surface area contributed by atoms with Crippen molar-refractivity contribution in [1.29, 1.82) is 0 Å². The highest BCUT2D eigenvalue weighted by atomic mass is 32.1. The summed E-state index contributed by atoms with van der Waals surface area (Å²) in [6.07, 6.45) is 2.00. The number of hydrogen-bond acceptors (Lipinski definition) is 4. The molecule has 20 heavy (non-hydrogen) atoms. The number of carboxylic acid groups (broad SMARTS) is 1. The first-order chi connectivity index (χ1) is 9.38. The first-order valence-electron chi connectivity index (χ1n) is 6.62. The van der Waals surface area contributed by atoms with Crippen LogP contribution < -0.4 is 10.1 Å². The van der Waals surface area contributed by atoms with Crippen LogP contribution in [0.25, 0.3) is 0 Å². The molecule has 1 atom stereocenters. The van der Waals surface area contributed by atoms with Gasteiger partial charge in [-0.25, -0.2) is 4.79 Å². The van der Waals surface area contributed by atoms with Crippen LogP contribution >= 0.6 is 11.3 Å². The van der Waals surface area contributed by atoms with E-state index in [1.54, 1.807) is 5.38 Å². The number of carbonyl (C=O) groups excluding carboxylic acids is 1. The van der Waals surface area contributed by atoms with Gasteiger partial charge in [0.15, 0.2) is 6.61 Å². The Morgan fingerprint density at radius 2 is 2.05 bits per heavy atom. The molecule has 0 saturated carbocycles. The van der Waals surface area contributed by atoms with Crippen molar-refractivity contribution in [1.82, 2.24) is 5.32 Å². The first kappa shape index (κ1) is 16.5. The van der Waals surface area contributed by atoms with Gasteiger partial charge < -0.3 is 15.2 Å². The summed E-state index contributed by atoms with van der Waals surface area (Å²) in [5.41, 5.74) is 0. The minimum atomic E-state index is -0.989. The Kier molecular flexibility index (Phi) is 6.51. The van der Waals surface area contributed by atoms with Crippen LogP contribution in [0.1, 0.15) is 43.3 Å². The third-order valence-electron chi connectivity index (χ3n) is 2.74. The van der Waals surface area contributed by atoms with Crippen LogP contribution in [0.2, 0.25) is 0 Å². The molecule has 0 aliphatic rings. The molecule has 5 nitrogen and oxygen atoms in total. The third kappa shape index (κ3) is 6.06. The maximum Gasteiger partial charge on any atom is 0.346 e. The number of nitrogens with one attached hydrogen (secondary N) is 1. The van der Waals surface area contributed by atoms with Gasteiger partial charge in [0.1, 0.15) is 10.6 Å². The van der Waals surface area contributed by atoms with Crippen molar-refractivity contribution in [2.45, 2.75) is 39.7 Å². The molecule has 0 bridgehead atoms. The van der Waals surface area contributed by atoms with Crippen LogP contribution in [0.3, 0.4) is 0 Å². The zero-order valence-electron chi connectivity index (χ0n) is 12.0. The molecular weight excluding hydrogens is 278 g/mol. The summed E-state index contributed by atoms with van der Waals surface area (Å²) in [6, 6.07) is 1.54. The molecule has 1 unspecified atom stereocenters. The fraction of sp³-hybridized carbons (Fsp3) is 0.571. The summed E-state index contributed by atoms with van der Waals surface area (Å²) in [5.74, 6) is -0.149. The van der Waals surface area contributed by atoms with Gasteiger partial charge in [-0.05, 0) is 25.7 Å². The van der Waals surface area contributed by atoms with E-state index in [1.807, 2.05) is 6.92 Å². The summed E-state index contributed by atoms with van der Waals surface area (Å²) in [6.45, 7) is 6.16. The van der Waals surface area contributed by atoms with E-state index in [1.165, 1.54) is 6.07 Å². The molecule has 0 aliphatic heterocycles. The lowest BCUT2D eigenvalue weighted by atomic mass is 10.0. The standard InChI is InChI=1S/C14H21NO4S/c1-9(2)4-5-10(3)15-13(16)7-19-11-6-12(14(17)18)20-8-11/h6,8-10H,4-5,7H2,1-3H3,(H,15,16)(H,17,18). The number of aromatic carboxylic acids is 1. The van der Waals surface area contributed by atoms with Gasteiger partial charge in [0, 0.05) is 17.5 Å². The number of hydrogen-bond donors (Lipinski definition) is 2. The van der Waals surface area contributed by atoms with Gasteiger partial charge in [-0.1, -0.05) is 13.8 Å². The molecule has 2 N–H and O–H groups in total. The van der Waals surface area contributed by atoms with E-state index in [2.05, 4.69) is 19.2 Å². The maximum atomic E-state index is 11.7. The average molecular weight is 299 g/mol. The lowest BCUT2D eigenvalue weighted by Gasteiger charge is -2.15. The Hall–Kier alpha value is -1.56. The largest absolute Gasteiger partial charge is 0.483 e. The predicted molar refractivity (Wildman–Crippen MR) is 78.5 cm³/mol. The Morgan fingerprint density at radius 1 is 1.35 bits per heavy atom. The number of amides is 1. The van der Waals surface area contributed by atoms with Gasteiger partial charge >= 0.3 is 5.97 Å². The van der Waals surface area contributed by atoms with E-state index >= 15 is 0 Å². The maximum absolute atomic E-state index is 11.7.